The molecule has 5 heteroatoms. The molecule has 17 heavy (non-hydrogen) atoms. The van der Waals surface area contributed by atoms with E-state index in [-0.39, 0.29) is 0 Å². The highest BCUT2D eigenvalue weighted by Gasteiger charge is 2.02. The third-order valence-electron chi connectivity index (χ3n) is 2.31. The lowest BCUT2D eigenvalue weighted by molar-refractivity contribution is 0.304. The fraction of sp³-hybridized carbons (Fsp3) is 0.333. The topological polar surface area (TPSA) is 61.0 Å². The van der Waals surface area contributed by atoms with Gasteiger partial charge in [0.05, 0.1) is 0 Å². The molecule has 2 aromatic rings. The van der Waals surface area contributed by atoms with Gasteiger partial charge in [-0.15, -0.1) is 10.2 Å². The van der Waals surface area contributed by atoms with E-state index in [9.17, 15) is 0 Å². The number of ether oxygens (including phenoxy) is 1. The molecule has 0 fully saturated rings. The van der Waals surface area contributed by atoms with Crippen molar-refractivity contribution in [3.05, 3.63) is 34.8 Å². The van der Waals surface area contributed by atoms with Crippen molar-refractivity contribution in [3.8, 4) is 5.75 Å². The summed E-state index contributed by atoms with van der Waals surface area (Å²) in [5, 5.41) is 8.90. The van der Waals surface area contributed by atoms with Crippen LogP contribution in [0.2, 0.25) is 0 Å². The third kappa shape index (κ3) is 3.42. The van der Waals surface area contributed by atoms with Gasteiger partial charge < -0.3 is 10.5 Å². The molecular weight excluding hydrogens is 234 g/mol. The second-order valence-corrected chi connectivity index (χ2v) is 4.81. The van der Waals surface area contributed by atoms with E-state index in [0.717, 1.165) is 23.6 Å². The Kier molecular flexibility index (Phi) is 3.93. The van der Waals surface area contributed by atoms with Crippen LogP contribution >= 0.6 is 11.3 Å². The largest absolute Gasteiger partial charge is 0.486 e. The first kappa shape index (κ1) is 11.9. The van der Waals surface area contributed by atoms with Crippen molar-refractivity contribution in [1.29, 1.82) is 0 Å². The summed E-state index contributed by atoms with van der Waals surface area (Å²) in [4.78, 5) is 0. The van der Waals surface area contributed by atoms with Crippen molar-refractivity contribution in [1.82, 2.24) is 10.2 Å². The minimum Gasteiger partial charge on any atom is -0.486 e. The van der Waals surface area contributed by atoms with Crippen LogP contribution in [0.3, 0.4) is 0 Å². The van der Waals surface area contributed by atoms with Gasteiger partial charge >= 0.3 is 0 Å². The van der Waals surface area contributed by atoms with E-state index < -0.39 is 0 Å². The third-order valence-corrected chi connectivity index (χ3v) is 3.03. The number of rotatable bonds is 5. The van der Waals surface area contributed by atoms with Crippen LogP contribution < -0.4 is 10.5 Å². The number of nitrogen functional groups attached to an aromatic ring is 1. The number of hydrogen-bond donors (Lipinski definition) is 1. The second-order valence-electron chi connectivity index (χ2n) is 3.72. The maximum Gasteiger partial charge on any atom is 0.203 e. The summed E-state index contributed by atoms with van der Waals surface area (Å²) in [6, 6.07) is 8.14. The summed E-state index contributed by atoms with van der Waals surface area (Å²) in [5.41, 5.74) is 6.82. The lowest BCUT2D eigenvalue weighted by atomic mass is 10.1. The van der Waals surface area contributed by atoms with E-state index in [2.05, 4.69) is 29.3 Å². The van der Waals surface area contributed by atoms with Crippen LogP contribution in [-0.2, 0) is 13.0 Å². The van der Waals surface area contributed by atoms with Gasteiger partial charge in [-0.1, -0.05) is 36.8 Å². The summed E-state index contributed by atoms with van der Waals surface area (Å²) in [5.74, 6) is 0.846. The first-order valence-electron chi connectivity index (χ1n) is 5.57. The minimum absolute atomic E-state index is 0.419. The molecule has 0 saturated carbocycles. The Bertz CT molecular complexity index is 467. The van der Waals surface area contributed by atoms with Crippen molar-refractivity contribution in [2.24, 2.45) is 0 Å². The summed E-state index contributed by atoms with van der Waals surface area (Å²) >= 11 is 1.35. The molecule has 0 spiro atoms. The van der Waals surface area contributed by atoms with Crippen molar-refractivity contribution >= 4 is 16.5 Å². The standard InChI is InChI=1S/C12H15N3OS/c1-2-3-9-4-6-10(7-5-9)16-8-11-14-15-12(13)17-11/h4-7H,2-3,8H2,1H3,(H2,13,15). The quantitative estimate of drug-likeness (QED) is 0.885. The fourth-order valence-electron chi connectivity index (χ4n) is 1.51. The molecule has 0 aliphatic carbocycles. The van der Waals surface area contributed by atoms with Crippen molar-refractivity contribution in [2.45, 2.75) is 26.4 Å². The summed E-state index contributed by atoms with van der Waals surface area (Å²) in [6.45, 7) is 2.59. The normalized spacial score (nSPS) is 10.4. The molecule has 0 amide bonds. The number of benzene rings is 1. The monoisotopic (exact) mass is 249 g/mol. The van der Waals surface area contributed by atoms with Gasteiger partial charge in [0.15, 0.2) is 5.01 Å². The van der Waals surface area contributed by atoms with Crippen LogP contribution in [-0.4, -0.2) is 10.2 Å². The molecule has 0 unspecified atom stereocenters. The molecule has 1 heterocycles. The zero-order chi connectivity index (χ0) is 12.1. The van der Waals surface area contributed by atoms with E-state index in [1.165, 1.54) is 16.9 Å². The van der Waals surface area contributed by atoms with Gasteiger partial charge in [-0.3, -0.25) is 0 Å². The van der Waals surface area contributed by atoms with E-state index >= 15 is 0 Å². The van der Waals surface area contributed by atoms with E-state index in [4.69, 9.17) is 10.5 Å². The van der Waals surface area contributed by atoms with Crippen molar-refractivity contribution in [3.63, 3.8) is 0 Å². The highest BCUT2D eigenvalue weighted by molar-refractivity contribution is 7.15. The van der Waals surface area contributed by atoms with Gasteiger partial charge in [-0.05, 0) is 24.1 Å². The number of anilines is 1. The molecule has 0 radical (unpaired) electrons. The van der Waals surface area contributed by atoms with Crippen molar-refractivity contribution < 1.29 is 4.74 Å². The molecule has 1 aromatic heterocycles. The Labute approximate surface area is 104 Å². The number of nitrogens with zero attached hydrogens (tertiary/aromatic N) is 2. The maximum absolute atomic E-state index is 5.59. The second kappa shape index (κ2) is 5.63. The number of nitrogens with two attached hydrogens (primary N) is 1. The summed E-state index contributed by atoms with van der Waals surface area (Å²) in [7, 11) is 0. The number of aromatic nitrogens is 2. The first-order chi connectivity index (χ1) is 8.28. The molecular formula is C12H15N3OS. The van der Waals surface area contributed by atoms with Gasteiger partial charge in [0.2, 0.25) is 5.13 Å². The smallest absolute Gasteiger partial charge is 0.203 e. The van der Waals surface area contributed by atoms with Crippen LogP contribution in [0.1, 0.15) is 23.9 Å². The molecule has 2 rings (SSSR count). The summed E-state index contributed by atoms with van der Waals surface area (Å²) < 4.78 is 5.59. The van der Waals surface area contributed by atoms with Gasteiger partial charge in [0, 0.05) is 0 Å². The Morgan fingerprint density at radius 1 is 1.24 bits per heavy atom. The molecule has 90 valence electrons. The molecule has 1 aromatic carbocycles. The van der Waals surface area contributed by atoms with E-state index in [1.807, 2.05) is 12.1 Å². The molecule has 2 N–H and O–H groups in total. The lowest BCUT2D eigenvalue weighted by Crippen LogP contribution is -1.95. The molecule has 0 bridgehead atoms. The molecule has 0 saturated heterocycles. The minimum atomic E-state index is 0.419. The average molecular weight is 249 g/mol. The van der Waals surface area contributed by atoms with Gasteiger partial charge in [0.25, 0.3) is 0 Å². The first-order valence-corrected chi connectivity index (χ1v) is 6.39. The van der Waals surface area contributed by atoms with Gasteiger partial charge in [-0.2, -0.15) is 0 Å². The predicted molar refractivity (Wildman–Crippen MR) is 69.1 cm³/mol. The van der Waals surface area contributed by atoms with Gasteiger partial charge in [0.1, 0.15) is 12.4 Å². The SMILES string of the molecule is CCCc1ccc(OCc2nnc(N)s2)cc1. The van der Waals surface area contributed by atoms with Crippen LogP contribution in [0.4, 0.5) is 5.13 Å². The summed E-state index contributed by atoms with van der Waals surface area (Å²) in [6.07, 6.45) is 2.26. The van der Waals surface area contributed by atoms with Crippen LogP contribution in [0.25, 0.3) is 0 Å². The zero-order valence-corrected chi connectivity index (χ0v) is 10.5. The van der Waals surface area contributed by atoms with Crippen molar-refractivity contribution in [2.75, 3.05) is 5.73 Å². The number of aryl methyl sites for hydroxylation is 1. The Hall–Kier alpha value is -1.62. The zero-order valence-electron chi connectivity index (χ0n) is 9.72. The Morgan fingerprint density at radius 3 is 2.59 bits per heavy atom. The molecule has 0 atom stereocenters. The predicted octanol–water partition coefficient (Wildman–Crippen LogP) is 2.65. The maximum atomic E-state index is 5.59. The molecule has 0 aliphatic heterocycles. The van der Waals surface area contributed by atoms with E-state index in [1.54, 1.807) is 0 Å². The fourth-order valence-corrected chi connectivity index (χ4v) is 2.03. The highest BCUT2D eigenvalue weighted by atomic mass is 32.1. The van der Waals surface area contributed by atoms with Crippen LogP contribution in [0.15, 0.2) is 24.3 Å². The highest BCUT2D eigenvalue weighted by Crippen LogP contribution is 2.17. The van der Waals surface area contributed by atoms with Crippen LogP contribution in [0, 0.1) is 0 Å². The Morgan fingerprint density at radius 2 is 2.00 bits per heavy atom. The average Bonchev–Trinajstić information content (AvgIpc) is 2.75. The van der Waals surface area contributed by atoms with Crippen LogP contribution in [0.5, 0.6) is 5.75 Å². The van der Waals surface area contributed by atoms with Gasteiger partial charge in [-0.25, -0.2) is 0 Å². The number of hydrogen-bond acceptors (Lipinski definition) is 5. The van der Waals surface area contributed by atoms with E-state index in [0.29, 0.717) is 11.7 Å². The lowest BCUT2D eigenvalue weighted by Gasteiger charge is -2.04. The molecule has 0 aliphatic rings. The molecule has 4 nitrogen and oxygen atoms in total. The Balaban J connectivity index is 1.90.